The van der Waals surface area contributed by atoms with E-state index in [-0.39, 0.29) is 11.4 Å². The molecule has 3 N–H and O–H groups in total. The quantitative estimate of drug-likeness (QED) is 0.479. The first-order valence-electron chi connectivity index (χ1n) is 3.07. The Morgan fingerprint density at radius 3 is 2.42 bits per heavy atom. The van der Waals surface area contributed by atoms with Gasteiger partial charge < -0.3 is 15.5 Å². The molecule has 0 saturated carbocycles. The van der Waals surface area contributed by atoms with Gasteiger partial charge in [-0.3, -0.25) is 0 Å². The van der Waals surface area contributed by atoms with Gasteiger partial charge in [-0.15, -0.1) is 0 Å². The third kappa shape index (κ3) is 1.16. The monoisotopic (exact) mass is 174 g/mol. The second-order valence-electron chi connectivity index (χ2n) is 2.19. The minimum atomic E-state index is -1.56. The second kappa shape index (κ2) is 2.68. The lowest BCUT2D eigenvalue weighted by molar-refractivity contribution is -0.140. The van der Waals surface area contributed by atoms with E-state index < -0.39 is 24.1 Å². The molecule has 0 aromatic rings. The van der Waals surface area contributed by atoms with Crippen LogP contribution in [0.15, 0.2) is 0 Å². The van der Waals surface area contributed by atoms with Gasteiger partial charge in [-0.1, -0.05) is 0 Å². The summed E-state index contributed by atoms with van der Waals surface area (Å²) in [7, 11) is 0. The summed E-state index contributed by atoms with van der Waals surface area (Å²) in [4.78, 5) is 31.6. The van der Waals surface area contributed by atoms with Crippen molar-refractivity contribution in [1.82, 2.24) is 10.2 Å². The molecule has 1 heterocycles. The molecule has 0 unspecified atom stereocenters. The number of carboxylic acid groups (broad SMARTS) is 2. The molecule has 12 heavy (non-hydrogen) atoms. The summed E-state index contributed by atoms with van der Waals surface area (Å²) < 4.78 is 0. The molecule has 1 atom stereocenters. The molecule has 1 aliphatic heterocycles. The van der Waals surface area contributed by atoms with Crippen LogP contribution in [0.25, 0.3) is 0 Å². The number of carbonyl (C=O) groups excluding carboxylic acids is 1. The Morgan fingerprint density at radius 2 is 2.08 bits per heavy atom. The number of carbonyl (C=O) groups is 3. The van der Waals surface area contributed by atoms with Crippen molar-refractivity contribution in [2.45, 2.75) is 6.04 Å². The molecular formula is C5H6N2O5. The molecule has 3 amide bonds. The van der Waals surface area contributed by atoms with Crippen LogP contribution in [0, 0.1) is 0 Å². The number of hydrogen-bond acceptors (Lipinski definition) is 3. The first kappa shape index (κ1) is 8.31. The number of aliphatic carboxylic acids is 1. The Bertz CT molecular complexity index is 250. The molecule has 0 aliphatic carbocycles. The van der Waals surface area contributed by atoms with Gasteiger partial charge in [0.1, 0.15) is 0 Å². The molecule has 7 heteroatoms. The Labute approximate surface area is 66.6 Å². The Kier molecular flexibility index (Phi) is 1.86. The van der Waals surface area contributed by atoms with Crippen molar-refractivity contribution in [3.63, 3.8) is 0 Å². The highest BCUT2D eigenvalue weighted by molar-refractivity contribution is 5.97. The molecular weight excluding hydrogens is 168 g/mol. The summed E-state index contributed by atoms with van der Waals surface area (Å²) in [5.74, 6) is -1.34. The van der Waals surface area contributed by atoms with Gasteiger partial charge >= 0.3 is 18.1 Å². The largest absolute Gasteiger partial charge is 0.480 e. The summed E-state index contributed by atoms with van der Waals surface area (Å²) in [5, 5.41) is 19.0. The second-order valence-corrected chi connectivity index (χ2v) is 2.19. The van der Waals surface area contributed by atoms with Crippen molar-refractivity contribution >= 4 is 18.1 Å². The topological polar surface area (TPSA) is 107 Å². The molecule has 1 rings (SSSR count). The summed E-state index contributed by atoms with van der Waals surface area (Å²) in [5.41, 5.74) is 0. The third-order valence-electron chi connectivity index (χ3n) is 1.47. The zero-order chi connectivity index (χ0) is 9.30. The number of hydrogen-bond donors (Lipinski definition) is 3. The maximum Gasteiger partial charge on any atom is 0.416 e. The molecule has 0 aromatic heterocycles. The van der Waals surface area contributed by atoms with Crippen molar-refractivity contribution in [3.8, 4) is 0 Å². The van der Waals surface area contributed by atoms with Gasteiger partial charge in [-0.2, -0.15) is 0 Å². The van der Waals surface area contributed by atoms with Gasteiger partial charge in [0.05, 0.1) is 6.54 Å². The minimum absolute atomic E-state index is 0.180. The van der Waals surface area contributed by atoms with E-state index in [9.17, 15) is 14.4 Å². The van der Waals surface area contributed by atoms with Crippen LogP contribution >= 0.6 is 0 Å². The van der Waals surface area contributed by atoms with Crippen LogP contribution in [0.5, 0.6) is 0 Å². The number of nitrogens with zero attached hydrogens (tertiary/aromatic N) is 1. The summed E-state index contributed by atoms with van der Waals surface area (Å²) in [6.45, 7) is -0.180. The average Bonchev–Trinajstić information content (AvgIpc) is 2.30. The highest BCUT2D eigenvalue weighted by Crippen LogP contribution is 2.06. The lowest BCUT2D eigenvalue weighted by Crippen LogP contribution is -2.42. The van der Waals surface area contributed by atoms with Crippen LogP contribution in [0.2, 0.25) is 0 Å². The van der Waals surface area contributed by atoms with E-state index in [1.54, 1.807) is 0 Å². The molecule has 1 saturated heterocycles. The first-order chi connectivity index (χ1) is 5.54. The maximum absolute atomic E-state index is 10.7. The van der Waals surface area contributed by atoms with E-state index in [4.69, 9.17) is 10.2 Å². The van der Waals surface area contributed by atoms with Crippen LogP contribution in [0.1, 0.15) is 0 Å². The van der Waals surface area contributed by atoms with Gasteiger partial charge in [0.25, 0.3) is 0 Å². The van der Waals surface area contributed by atoms with Gasteiger partial charge in [0.2, 0.25) is 0 Å². The maximum atomic E-state index is 10.7. The predicted octanol–water partition coefficient (Wildman–Crippen LogP) is -0.857. The van der Waals surface area contributed by atoms with E-state index in [1.165, 1.54) is 0 Å². The lowest BCUT2D eigenvalue weighted by atomic mass is 10.3. The predicted molar refractivity (Wildman–Crippen MR) is 34.7 cm³/mol. The highest BCUT2D eigenvalue weighted by Gasteiger charge is 2.40. The van der Waals surface area contributed by atoms with Crippen LogP contribution in [-0.2, 0) is 4.79 Å². The highest BCUT2D eigenvalue weighted by atomic mass is 16.4. The van der Waals surface area contributed by atoms with Gasteiger partial charge in [-0.25, -0.2) is 19.3 Å². The van der Waals surface area contributed by atoms with E-state index in [0.29, 0.717) is 0 Å². The van der Waals surface area contributed by atoms with E-state index in [2.05, 4.69) is 5.32 Å². The molecule has 7 nitrogen and oxygen atoms in total. The Balaban J connectivity index is 2.84. The molecule has 0 spiro atoms. The zero-order valence-corrected chi connectivity index (χ0v) is 5.85. The average molecular weight is 174 g/mol. The van der Waals surface area contributed by atoms with Gasteiger partial charge in [0, 0.05) is 0 Å². The molecule has 1 aliphatic rings. The fourth-order valence-corrected chi connectivity index (χ4v) is 0.920. The Hall–Kier alpha value is -1.79. The van der Waals surface area contributed by atoms with Crippen LogP contribution in [0.3, 0.4) is 0 Å². The summed E-state index contributed by atoms with van der Waals surface area (Å²) >= 11 is 0. The SMILES string of the molecule is O=C(O)[C@@H]1CNC(=O)N1C(=O)O. The third-order valence-corrected chi connectivity index (χ3v) is 1.47. The van der Waals surface area contributed by atoms with Gasteiger partial charge in [0.15, 0.2) is 6.04 Å². The molecule has 0 radical (unpaired) electrons. The van der Waals surface area contributed by atoms with Crippen LogP contribution < -0.4 is 5.32 Å². The number of carboxylic acids is 1. The van der Waals surface area contributed by atoms with Crippen LogP contribution in [0.4, 0.5) is 9.59 Å². The number of urea groups is 1. The normalized spacial score (nSPS) is 22.2. The summed E-state index contributed by atoms with van der Waals surface area (Å²) in [6.07, 6.45) is -1.56. The number of nitrogens with one attached hydrogen (secondary N) is 1. The lowest BCUT2D eigenvalue weighted by Gasteiger charge is -2.12. The number of imide groups is 1. The Morgan fingerprint density at radius 1 is 1.50 bits per heavy atom. The number of amides is 3. The molecule has 1 fully saturated rings. The smallest absolute Gasteiger partial charge is 0.416 e. The van der Waals surface area contributed by atoms with Crippen molar-refractivity contribution < 1.29 is 24.6 Å². The summed E-state index contributed by atoms with van der Waals surface area (Å²) in [6, 6.07) is -2.20. The molecule has 66 valence electrons. The first-order valence-corrected chi connectivity index (χ1v) is 3.07. The minimum Gasteiger partial charge on any atom is -0.480 e. The van der Waals surface area contributed by atoms with Crippen molar-refractivity contribution in [1.29, 1.82) is 0 Å². The van der Waals surface area contributed by atoms with Crippen LogP contribution in [-0.4, -0.2) is 45.8 Å². The molecule has 0 aromatic carbocycles. The number of rotatable bonds is 1. The van der Waals surface area contributed by atoms with Crippen molar-refractivity contribution in [2.75, 3.05) is 6.54 Å². The van der Waals surface area contributed by atoms with Crippen molar-refractivity contribution in [3.05, 3.63) is 0 Å². The van der Waals surface area contributed by atoms with E-state index in [1.807, 2.05) is 0 Å². The molecule has 0 bridgehead atoms. The fourth-order valence-electron chi connectivity index (χ4n) is 0.920. The fraction of sp³-hybridized carbons (Fsp3) is 0.400. The van der Waals surface area contributed by atoms with E-state index in [0.717, 1.165) is 0 Å². The standard InChI is InChI=1S/C5H6N2O5/c8-3(9)2-1-6-4(10)7(2)5(11)12/h2H,1H2,(H,6,10)(H,8,9)(H,11,12)/t2-/m0/s1. The van der Waals surface area contributed by atoms with Gasteiger partial charge in [-0.05, 0) is 0 Å². The zero-order valence-electron chi connectivity index (χ0n) is 5.85. The van der Waals surface area contributed by atoms with E-state index >= 15 is 0 Å². The van der Waals surface area contributed by atoms with Crippen molar-refractivity contribution in [2.24, 2.45) is 0 Å².